The summed E-state index contributed by atoms with van der Waals surface area (Å²) in [6.07, 6.45) is 0.771. The zero-order valence-corrected chi connectivity index (χ0v) is 9.04. The van der Waals surface area contributed by atoms with Gasteiger partial charge in [-0.3, -0.25) is 0 Å². The molecule has 0 atom stereocenters. The topological polar surface area (TPSA) is 46.5 Å². The molecular weight excluding hydrogens is 226 g/mol. The fourth-order valence-corrected chi connectivity index (χ4v) is 3.91. The summed E-state index contributed by atoms with van der Waals surface area (Å²) < 4.78 is 59.3. The Morgan fingerprint density at radius 3 is 1.85 bits per heavy atom. The van der Waals surface area contributed by atoms with Gasteiger partial charge in [0.15, 0.2) is 0 Å². The Morgan fingerprint density at radius 2 is 1.62 bits per heavy atom. The first-order valence-electron chi connectivity index (χ1n) is 3.63. The van der Waals surface area contributed by atoms with Crippen molar-refractivity contribution in [1.29, 1.82) is 0 Å². The second kappa shape index (κ2) is 4.46. The predicted octanol–water partition coefficient (Wildman–Crippen LogP) is 2.27. The van der Waals surface area contributed by atoms with E-state index in [1.807, 2.05) is 0 Å². The van der Waals surface area contributed by atoms with Crippen molar-refractivity contribution < 1.29 is 21.6 Å². The normalized spacial score (nSPS) is 13.4. The number of halogens is 3. The van der Waals surface area contributed by atoms with Crippen LogP contribution in [0.15, 0.2) is 4.15 Å². The largest absolute Gasteiger partial charge is 0.518 e. The molecule has 0 fully saturated rings. The molecule has 0 saturated carbocycles. The number of alkyl halides is 3. The third-order valence-electron chi connectivity index (χ3n) is 1.36. The van der Waals surface area contributed by atoms with Gasteiger partial charge in [-0.2, -0.15) is 25.7 Å². The summed E-state index contributed by atoms with van der Waals surface area (Å²) in [7, 11) is -7.00. The van der Waals surface area contributed by atoms with Crippen LogP contribution in [0.4, 0.5) is 13.2 Å². The number of nitrogens with zero attached hydrogens (tertiary/aromatic N) is 1. The lowest BCUT2D eigenvalue weighted by atomic mass is 11.0. The summed E-state index contributed by atoms with van der Waals surface area (Å²) in [5.74, 6) is 0. The minimum atomic E-state index is -5.25. The van der Waals surface area contributed by atoms with E-state index in [-0.39, 0.29) is 0 Å². The minimum Gasteiger partial charge on any atom is -0.195 e. The summed E-state index contributed by atoms with van der Waals surface area (Å²) in [6.45, 7) is 3.26. The van der Waals surface area contributed by atoms with E-state index in [1.54, 1.807) is 13.8 Å². The van der Waals surface area contributed by atoms with E-state index in [1.165, 1.54) is 0 Å². The van der Waals surface area contributed by atoms with Crippen LogP contribution in [0.25, 0.3) is 0 Å². The monoisotopic (exact) mass is 237 g/mol. The van der Waals surface area contributed by atoms with Crippen molar-refractivity contribution >= 4 is 17.7 Å². The van der Waals surface area contributed by atoms with Gasteiger partial charge in [0.2, 0.25) is 0 Å². The Bertz CT molecular complexity index is 289. The van der Waals surface area contributed by atoms with Gasteiger partial charge >= 0.3 is 15.5 Å². The van der Waals surface area contributed by atoms with Crippen LogP contribution in [0.1, 0.15) is 13.8 Å². The molecule has 8 heteroatoms. The van der Waals surface area contributed by atoms with Crippen molar-refractivity contribution in [3.05, 3.63) is 0 Å². The molecule has 0 aromatic rings. The van der Waals surface area contributed by atoms with E-state index in [0.29, 0.717) is 12.3 Å². The van der Waals surface area contributed by atoms with Gasteiger partial charge in [-0.15, -0.1) is 0 Å². The third-order valence-corrected chi connectivity index (χ3v) is 5.57. The Balaban J connectivity index is 5.00. The van der Waals surface area contributed by atoms with E-state index < -0.39 is 23.2 Å². The molecular formula is C5H11F3NO2PS. The Kier molecular flexibility index (Phi) is 4.45. The number of hydrogen-bond acceptors (Lipinski definition) is 2. The van der Waals surface area contributed by atoms with E-state index >= 15 is 0 Å². The SMILES string of the molecule is CC[PH](CC)=NS(=O)(=O)C(F)(F)F. The van der Waals surface area contributed by atoms with Gasteiger partial charge in [0.25, 0.3) is 0 Å². The van der Waals surface area contributed by atoms with E-state index in [2.05, 4.69) is 4.15 Å². The third kappa shape index (κ3) is 3.68. The average molecular weight is 237 g/mol. The fraction of sp³-hybridized carbons (Fsp3) is 1.00. The molecule has 0 N–H and O–H groups in total. The Labute approximate surface area is 75.9 Å². The van der Waals surface area contributed by atoms with Crippen LogP contribution < -0.4 is 0 Å². The van der Waals surface area contributed by atoms with E-state index in [9.17, 15) is 21.6 Å². The quantitative estimate of drug-likeness (QED) is 0.707. The molecule has 0 aliphatic heterocycles. The highest BCUT2D eigenvalue weighted by molar-refractivity contribution is 7.93. The van der Waals surface area contributed by atoms with E-state index in [0.717, 1.165) is 0 Å². The molecule has 13 heavy (non-hydrogen) atoms. The standard InChI is InChI=1S/C5H11F3NO2PS/c1-3-12(4-2)9-13(10,11)5(6,7)8/h12H,3-4H2,1-2H3. The van der Waals surface area contributed by atoms with Gasteiger partial charge in [0.05, 0.1) is 0 Å². The van der Waals surface area contributed by atoms with Crippen molar-refractivity contribution in [3.63, 3.8) is 0 Å². The van der Waals surface area contributed by atoms with Crippen LogP contribution in [0.5, 0.6) is 0 Å². The van der Waals surface area contributed by atoms with Crippen LogP contribution >= 0.6 is 7.71 Å². The maximum Gasteiger partial charge on any atom is 0.518 e. The molecule has 0 amide bonds. The molecule has 3 nitrogen and oxygen atoms in total. The second-order valence-corrected chi connectivity index (χ2v) is 6.98. The molecule has 0 saturated heterocycles. The minimum absolute atomic E-state index is 0.385. The number of rotatable bonds is 3. The number of sulfonamides is 1. The summed E-state index contributed by atoms with van der Waals surface area (Å²) in [5, 5.41) is 0. The molecule has 0 aliphatic carbocycles. The van der Waals surface area contributed by atoms with Crippen LogP contribution in [0.2, 0.25) is 0 Å². The summed E-state index contributed by atoms with van der Waals surface area (Å²) in [5.41, 5.74) is -5.24. The maximum atomic E-state index is 11.8. The van der Waals surface area contributed by atoms with Gasteiger partial charge in [-0.25, -0.2) is 0 Å². The molecule has 0 aromatic carbocycles. The second-order valence-electron chi connectivity index (χ2n) is 2.29. The molecule has 0 unspecified atom stereocenters. The maximum absolute atomic E-state index is 11.8. The smallest absolute Gasteiger partial charge is 0.195 e. The van der Waals surface area contributed by atoms with Crippen molar-refractivity contribution in [3.8, 4) is 0 Å². The lowest BCUT2D eigenvalue weighted by Gasteiger charge is -2.05. The van der Waals surface area contributed by atoms with Gasteiger partial charge in [0.1, 0.15) is 0 Å². The first kappa shape index (κ1) is 13.0. The van der Waals surface area contributed by atoms with Crippen molar-refractivity contribution in [2.24, 2.45) is 4.15 Å². The summed E-state index contributed by atoms with van der Waals surface area (Å²) >= 11 is 0. The molecule has 80 valence electrons. The lowest BCUT2D eigenvalue weighted by Crippen LogP contribution is -2.20. The van der Waals surface area contributed by atoms with Crippen LogP contribution in [0.3, 0.4) is 0 Å². The Morgan fingerprint density at radius 1 is 1.23 bits per heavy atom. The highest BCUT2D eigenvalue weighted by Crippen LogP contribution is 2.33. The van der Waals surface area contributed by atoms with Gasteiger partial charge in [-0.05, 0) is 20.0 Å². The van der Waals surface area contributed by atoms with Crippen LogP contribution in [0, 0.1) is 0 Å². The molecule has 0 spiro atoms. The first-order valence-corrected chi connectivity index (χ1v) is 6.93. The van der Waals surface area contributed by atoms with Crippen molar-refractivity contribution in [2.45, 2.75) is 19.4 Å². The zero-order valence-electron chi connectivity index (χ0n) is 7.22. The van der Waals surface area contributed by atoms with Crippen molar-refractivity contribution in [1.82, 2.24) is 0 Å². The van der Waals surface area contributed by atoms with Crippen LogP contribution in [-0.4, -0.2) is 26.2 Å². The highest BCUT2D eigenvalue weighted by Gasteiger charge is 2.45. The molecule has 0 aromatic heterocycles. The first-order chi connectivity index (χ1) is 5.74. The number of hydrogen-bond donors (Lipinski definition) is 0. The molecule has 0 heterocycles. The summed E-state index contributed by atoms with van der Waals surface area (Å²) in [4.78, 5) is 0. The molecule has 0 radical (unpaired) electrons. The van der Waals surface area contributed by atoms with E-state index in [4.69, 9.17) is 0 Å². The Hall–Kier alpha value is -0.0300. The fourth-order valence-electron chi connectivity index (χ4n) is 0.601. The van der Waals surface area contributed by atoms with Crippen molar-refractivity contribution in [2.75, 3.05) is 12.3 Å². The summed E-state index contributed by atoms with van der Waals surface area (Å²) in [6, 6.07) is 0. The molecule has 0 aliphatic rings. The van der Waals surface area contributed by atoms with Crippen LogP contribution in [-0.2, 0) is 10.0 Å². The zero-order chi connectivity index (χ0) is 10.7. The average Bonchev–Trinajstić information content (AvgIpc) is 1.98. The van der Waals surface area contributed by atoms with Gasteiger partial charge < -0.3 is 0 Å². The highest BCUT2D eigenvalue weighted by atomic mass is 32.2. The molecule has 0 rings (SSSR count). The van der Waals surface area contributed by atoms with Gasteiger partial charge in [-0.1, -0.05) is 13.8 Å². The van der Waals surface area contributed by atoms with Gasteiger partial charge in [0, 0.05) is 0 Å². The predicted molar refractivity (Wildman–Crippen MR) is 46.8 cm³/mol. The molecule has 0 bridgehead atoms. The lowest BCUT2D eigenvalue weighted by molar-refractivity contribution is -0.0434.